The van der Waals surface area contributed by atoms with Crippen LogP contribution in [0.4, 0.5) is 5.69 Å². The Morgan fingerprint density at radius 3 is 2.04 bits per heavy atom. The first-order valence-corrected chi connectivity index (χ1v) is 9.33. The molecule has 0 bridgehead atoms. The molecule has 25 heavy (non-hydrogen) atoms. The first-order valence-electron chi connectivity index (χ1n) is 7.85. The molecule has 3 rings (SSSR count). The number of phenolic OH excluding ortho intramolecular Hbond substituents is 1. The van der Waals surface area contributed by atoms with Gasteiger partial charge in [-0.2, -0.15) is 0 Å². The number of anilines is 1. The molecule has 0 fully saturated rings. The highest BCUT2D eigenvalue weighted by molar-refractivity contribution is 7.92. The highest BCUT2D eigenvalue weighted by Crippen LogP contribution is 2.27. The van der Waals surface area contributed by atoms with Crippen molar-refractivity contribution in [1.29, 1.82) is 0 Å². The fraction of sp³-hybridized carbons (Fsp3) is 0.100. The summed E-state index contributed by atoms with van der Waals surface area (Å²) in [5, 5.41) is 9.32. The van der Waals surface area contributed by atoms with Gasteiger partial charge in [-0.1, -0.05) is 42.0 Å². The molecule has 0 saturated heterocycles. The van der Waals surface area contributed by atoms with Gasteiger partial charge >= 0.3 is 0 Å². The lowest BCUT2D eigenvalue weighted by Crippen LogP contribution is -2.13. The SMILES string of the molecule is Cc1ccc(-c2ccc(C)c(NS(=O)(=O)c3ccc(O)cc3)c2)cc1. The molecule has 0 aromatic heterocycles. The summed E-state index contributed by atoms with van der Waals surface area (Å²) in [4.78, 5) is 0.102. The highest BCUT2D eigenvalue weighted by Gasteiger charge is 2.15. The third kappa shape index (κ3) is 3.83. The molecule has 0 radical (unpaired) electrons. The Kier molecular flexibility index (Phi) is 4.51. The van der Waals surface area contributed by atoms with Crippen LogP contribution < -0.4 is 4.72 Å². The molecular formula is C20H19NO3S. The van der Waals surface area contributed by atoms with Gasteiger partial charge in [-0.3, -0.25) is 4.72 Å². The zero-order valence-corrected chi connectivity index (χ0v) is 14.8. The predicted octanol–water partition coefficient (Wildman–Crippen LogP) is 4.48. The van der Waals surface area contributed by atoms with E-state index in [1.54, 1.807) is 0 Å². The van der Waals surface area contributed by atoms with E-state index in [9.17, 15) is 13.5 Å². The van der Waals surface area contributed by atoms with Crippen LogP contribution in [0.2, 0.25) is 0 Å². The van der Waals surface area contributed by atoms with Crippen molar-refractivity contribution in [1.82, 2.24) is 0 Å². The van der Waals surface area contributed by atoms with E-state index < -0.39 is 10.0 Å². The first-order chi connectivity index (χ1) is 11.8. The summed E-state index contributed by atoms with van der Waals surface area (Å²) in [6, 6.07) is 19.2. The minimum atomic E-state index is -3.72. The summed E-state index contributed by atoms with van der Waals surface area (Å²) in [6.45, 7) is 3.88. The van der Waals surface area contributed by atoms with Crippen LogP contribution in [-0.2, 0) is 10.0 Å². The molecule has 3 aromatic rings. The summed E-state index contributed by atoms with van der Waals surface area (Å²) in [7, 11) is -3.72. The van der Waals surface area contributed by atoms with Crippen molar-refractivity contribution in [2.75, 3.05) is 4.72 Å². The normalized spacial score (nSPS) is 11.3. The molecule has 3 aromatic carbocycles. The zero-order valence-electron chi connectivity index (χ0n) is 14.0. The maximum absolute atomic E-state index is 12.6. The van der Waals surface area contributed by atoms with Gasteiger partial charge in [0, 0.05) is 0 Å². The van der Waals surface area contributed by atoms with Crippen LogP contribution in [0.15, 0.2) is 71.6 Å². The maximum Gasteiger partial charge on any atom is 0.261 e. The second-order valence-electron chi connectivity index (χ2n) is 6.00. The van der Waals surface area contributed by atoms with Crippen molar-refractivity contribution in [3.05, 3.63) is 77.9 Å². The quantitative estimate of drug-likeness (QED) is 0.727. The Bertz CT molecular complexity index is 992. The number of rotatable bonds is 4. The third-order valence-electron chi connectivity index (χ3n) is 4.01. The van der Waals surface area contributed by atoms with E-state index in [4.69, 9.17) is 0 Å². The topological polar surface area (TPSA) is 66.4 Å². The Labute approximate surface area is 147 Å². The van der Waals surface area contributed by atoms with Crippen LogP contribution >= 0.6 is 0 Å². The predicted molar refractivity (Wildman–Crippen MR) is 100 cm³/mol. The first kappa shape index (κ1) is 17.0. The van der Waals surface area contributed by atoms with Crippen molar-refractivity contribution < 1.29 is 13.5 Å². The summed E-state index contributed by atoms with van der Waals surface area (Å²) in [6.07, 6.45) is 0. The van der Waals surface area contributed by atoms with Crippen molar-refractivity contribution >= 4 is 15.7 Å². The van der Waals surface area contributed by atoms with Crippen molar-refractivity contribution in [2.24, 2.45) is 0 Å². The molecule has 4 nitrogen and oxygen atoms in total. The van der Waals surface area contributed by atoms with Crippen molar-refractivity contribution in [3.63, 3.8) is 0 Å². The molecule has 0 heterocycles. The van der Waals surface area contributed by atoms with Gasteiger partial charge in [0.1, 0.15) is 5.75 Å². The number of phenols is 1. The lowest BCUT2D eigenvalue weighted by molar-refractivity contribution is 0.475. The van der Waals surface area contributed by atoms with Gasteiger partial charge in [0.15, 0.2) is 0 Å². The van der Waals surface area contributed by atoms with E-state index in [0.29, 0.717) is 5.69 Å². The second kappa shape index (κ2) is 6.61. The van der Waals surface area contributed by atoms with E-state index >= 15 is 0 Å². The van der Waals surface area contributed by atoms with Gasteiger partial charge in [0.2, 0.25) is 0 Å². The fourth-order valence-electron chi connectivity index (χ4n) is 2.49. The molecule has 0 amide bonds. The second-order valence-corrected chi connectivity index (χ2v) is 7.68. The van der Waals surface area contributed by atoms with Crippen LogP contribution in [0.3, 0.4) is 0 Å². The number of nitrogens with one attached hydrogen (secondary N) is 1. The smallest absolute Gasteiger partial charge is 0.261 e. The van der Waals surface area contributed by atoms with Gasteiger partial charge in [-0.25, -0.2) is 8.42 Å². The summed E-state index contributed by atoms with van der Waals surface area (Å²) in [5.74, 6) is 0.0245. The van der Waals surface area contributed by atoms with Gasteiger partial charge < -0.3 is 5.11 Å². The number of hydrogen-bond donors (Lipinski definition) is 2. The van der Waals surface area contributed by atoms with Crippen LogP contribution in [0.25, 0.3) is 11.1 Å². The molecule has 0 spiro atoms. The van der Waals surface area contributed by atoms with Crippen molar-refractivity contribution in [2.45, 2.75) is 18.7 Å². The molecule has 0 unspecified atom stereocenters. The zero-order chi connectivity index (χ0) is 18.0. The average Bonchev–Trinajstić information content (AvgIpc) is 2.58. The Balaban J connectivity index is 1.95. The minimum absolute atomic E-state index is 0.0245. The van der Waals surface area contributed by atoms with Gasteiger partial charge in [0.25, 0.3) is 10.0 Å². The van der Waals surface area contributed by atoms with E-state index in [0.717, 1.165) is 16.7 Å². The minimum Gasteiger partial charge on any atom is -0.508 e. The number of aromatic hydroxyl groups is 1. The molecule has 0 atom stereocenters. The highest BCUT2D eigenvalue weighted by atomic mass is 32.2. The standard InChI is InChI=1S/C20H19NO3S/c1-14-3-6-16(7-4-14)17-8-5-15(2)20(13-17)21-25(23,24)19-11-9-18(22)10-12-19/h3-13,21-22H,1-2H3. The molecule has 5 heteroatoms. The van der Waals surface area contributed by atoms with E-state index in [-0.39, 0.29) is 10.6 Å². The monoisotopic (exact) mass is 353 g/mol. The summed E-state index contributed by atoms with van der Waals surface area (Å²) < 4.78 is 27.8. The average molecular weight is 353 g/mol. The Hall–Kier alpha value is -2.79. The number of benzene rings is 3. The molecule has 0 saturated carbocycles. The van der Waals surface area contributed by atoms with Gasteiger partial charge in [-0.05, 0) is 60.9 Å². The Morgan fingerprint density at radius 1 is 0.800 bits per heavy atom. The number of sulfonamides is 1. The third-order valence-corrected chi connectivity index (χ3v) is 5.40. The van der Waals surface area contributed by atoms with Crippen LogP contribution in [0.1, 0.15) is 11.1 Å². The molecule has 0 aliphatic heterocycles. The van der Waals surface area contributed by atoms with E-state index in [2.05, 4.69) is 4.72 Å². The van der Waals surface area contributed by atoms with Crippen LogP contribution in [0, 0.1) is 13.8 Å². The summed E-state index contributed by atoms with van der Waals surface area (Å²) >= 11 is 0. The van der Waals surface area contributed by atoms with Gasteiger partial charge in [-0.15, -0.1) is 0 Å². The van der Waals surface area contributed by atoms with E-state index in [1.807, 2.05) is 56.3 Å². The van der Waals surface area contributed by atoms with Gasteiger partial charge in [0.05, 0.1) is 10.6 Å². The molecule has 0 aliphatic carbocycles. The lowest BCUT2D eigenvalue weighted by Gasteiger charge is -2.13. The molecule has 2 N–H and O–H groups in total. The van der Waals surface area contributed by atoms with Crippen molar-refractivity contribution in [3.8, 4) is 16.9 Å². The number of hydrogen-bond acceptors (Lipinski definition) is 3. The van der Waals surface area contributed by atoms with E-state index in [1.165, 1.54) is 29.8 Å². The Morgan fingerprint density at radius 2 is 1.40 bits per heavy atom. The fourth-order valence-corrected chi connectivity index (χ4v) is 3.61. The molecule has 0 aliphatic rings. The van der Waals surface area contributed by atoms with Crippen LogP contribution in [-0.4, -0.2) is 13.5 Å². The lowest BCUT2D eigenvalue weighted by atomic mass is 10.0. The molecular weight excluding hydrogens is 334 g/mol. The molecule has 128 valence electrons. The van der Waals surface area contributed by atoms with Crippen LogP contribution in [0.5, 0.6) is 5.75 Å². The number of aryl methyl sites for hydroxylation is 2. The summed E-state index contributed by atoms with van der Waals surface area (Å²) in [5.41, 5.74) is 4.50. The maximum atomic E-state index is 12.6. The largest absolute Gasteiger partial charge is 0.508 e.